The third-order valence-electron chi connectivity index (χ3n) is 1.62. The van der Waals surface area contributed by atoms with Crippen molar-refractivity contribution in [3.63, 3.8) is 0 Å². The molecule has 1 fully saturated rings. The Balaban J connectivity index is 0.000000810. The molecule has 0 N–H and O–H groups in total. The first-order chi connectivity index (χ1) is 4.30. The van der Waals surface area contributed by atoms with Gasteiger partial charge in [-0.05, 0) is 19.3 Å². The first-order valence-electron chi connectivity index (χ1n) is 3.37. The van der Waals surface area contributed by atoms with Crippen molar-refractivity contribution in [3.8, 4) is 0 Å². The number of hydrogen-bond donors (Lipinski definition) is 0. The molecule has 1 rings (SSSR count). The lowest BCUT2D eigenvalue weighted by Gasteiger charge is -2.10. The van der Waals surface area contributed by atoms with Gasteiger partial charge in [-0.3, -0.25) is 0 Å². The summed E-state index contributed by atoms with van der Waals surface area (Å²) in [6.07, 6.45) is 1.59. The lowest BCUT2D eigenvalue weighted by Crippen LogP contribution is -2.22. The molecular formula is C6H12ClF2N. The van der Waals surface area contributed by atoms with Crippen LogP contribution in [0.1, 0.15) is 25.7 Å². The van der Waals surface area contributed by atoms with Gasteiger partial charge >= 0.3 is 0 Å². The highest BCUT2D eigenvalue weighted by Gasteiger charge is 2.18. The molecule has 1 atom stereocenters. The fourth-order valence-electron chi connectivity index (χ4n) is 1.03. The summed E-state index contributed by atoms with van der Waals surface area (Å²) in [5.74, 6) is 0. The summed E-state index contributed by atoms with van der Waals surface area (Å²) in [6.45, 7) is 0.265. The summed E-state index contributed by atoms with van der Waals surface area (Å²) in [4.78, 5) is 0. The molecule has 1 nitrogen and oxygen atoms in total. The Labute approximate surface area is 65.7 Å². The van der Waals surface area contributed by atoms with Crippen LogP contribution in [0.15, 0.2) is 0 Å². The second kappa shape index (κ2) is 4.85. The highest BCUT2D eigenvalue weighted by Crippen LogP contribution is 2.17. The van der Waals surface area contributed by atoms with E-state index in [0.29, 0.717) is 11.5 Å². The molecule has 0 radical (unpaired) electrons. The molecule has 1 heterocycles. The normalized spacial score (nSPS) is 28.8. The van der Waals surface area contributed by atoms with E-state index in [0.717, 1.165) is 19.3 Å². The van der Waals surface area contributed by atoms with Gasteiger partial charge in [0.2, 0.25) is 0 Å². The Morgan fingerprint density at radius 3 is 2.60 bits per heavy atom. The summed E-state index contributed by atoms with van der Waals surface area (Å²) in [7, 11) is 0. The Hall–Kier alpha value is 0.110. The van der Waals surface area contributed by atoms with Crippen molar-refractivity contribution in [2.24, 2.45) is 0 Å². The van der Waals surface area contributed by atoms with Crippen LogP contribution in [0.3, 0.4) is 0 Å². The minimum atomic E-state index is -1.34. The second-order valence-electron chi connectivity index (χ2n) is 2.41. The maximum absolute atomic E-state index is 12.4. The summed E-state index contributed by atoms with van der Waals surface area (Å²) >= 11 is 0. The summed E-state index contributed by atoms with van der Waals surface area (Å²) in [5, 5.41) is 0.299. The monoisotopic (exact) mass is 171 g/mol. The van der Waals surface area contributed by atoms with Crippen LogP contribution >= 0.6 is 12.4 Å². The topological polar surface area (TPSA) is 3.24 Å². The lowest BCUT2D eigenvalue weighted by atomic mass is 10.2. The van der Waals surface area contributed by atoms with Crippen LogP contribution in [-0.2, 0) is 0 Å². The molecule has 10 heavy (non-hydrogen) atoms. The van der Waals surface area contributed by atoms with E-state index in [1.807, 2.05) is 0 Å². The molecule has 1 saturated heterocycles. The first kappa shape index (κ1) is 10.1. The van der Waals surface area contributed by atoms with E-state index in [1.165, 1.54) is 0 Å². The third kappa shape index (κ3) is 2.80. The smallest absolute Gasteiger partial charge is 0.180 e. The molecule has 0 amide bonds. The van der Waals surface area contributed by atoms with Gasteiger partial charge < -0.3 is 0 Å². The van der Waals surface area contributed by atoms with E-state index in [9.17, 15) is 8.87 Å². The largest absolute Gasteiger partial charge is 0.228 e. The predicted molar refractivity (Wildman–Crippen MR) is 38.4 cm³/mol. The van der Waals surface area contributed by atoms with Gasteiger partial charge in [-0.2, -0.15) is 0 Å². The first-order valence-corrected chi connectivity index (χ1v) is 3.37. The zero-order valence-corrected chi connectivity index (χ0v) is 6.54. The van der Waals surface area contributed by atoms with E-state index in [1.54, 1.807) is 0 Å². The van der Waals surface area contributed by atoms with Crippen LogP contribution < -0.4 is 0 Å². The Morgan fingerprint density at radius 1 is 1.20 bits per heavy atom. The number of nitrogens with zero attached hydrogens (tertiary/aromatic N) is 1. The number of rotatable bonds is 0. The van der Waals surface area contributed by atoms with Gasteiger partial charge in [0.15, 0.2) is 6.30 Å². The molecule has 1 aliphatic heterocycles. The zero-order chi connectivity index (χ0) is 6.69. The van der Waals surface area contributed by atoms with Crippen molar-refractivity contribution < 1.29 is 8.87 Å². The van der Waals surface area contributed by atoms with Crippen LogP contribution in [0, 0.1) is 0 Å². The number of hydrogen-bond acceptors (Lipinski definition) is 1. The van der Waals surface area contributed by atoms with Gasteiger partial charge in [0.05, 0.1) is 0 Å². The summed E-state index contributed by atoms with van der Waals surface area (Å²) in [5.41, 5.74) is 0. The maximum atomic E-state index is 12.4. The van der Waals surface area contributed by atoms with E-state index in [-0.39, 0.29) is 19.0 Å². The molecule has 0 aromatic heterocycles. The number of halogens is 3. The molecule has 1 unspecified atom stereocenters. The van der Waals surface area contributed by atoms with E-state index < -0.39 is 6.30 Å². The number of alkyl halides is 1. The van der Waals surface area contributed by atoms with E-state index in [4.69, 9.17) is 0 Å². The lowest BCUT2D eigenvalue weighted by molar-refractivity contribution is -0.0767. The predicted octanol–water partition coefficient (Wildman–Crippen LogP) is 2.46. The fourth-order valence-corrected chi connectivity index (χ4v) is 1.03. The van der Waals surface area contributed by atoms with Gasteiger partial charge in [-0.1, -0.05) is 6.42 Å². The summed E-state index contributed by atoms with van der Waals surface area (Å²) in [6, 6.07) is 0. The van der Waals surface area contributed by atoms with E-state index in [2.05, 4.69) is 0 Å². The maximum Gasteiger partial charge on any atom is 0.180 e. The fraction of sp³-hybridized carbons (Fsp3) is 1.00. The van der Waals surface area contributed by atoms with Crippen molar-refractivity contribution in [2.75, 3.05) is 6.54 Å². The average molecular weight is 172 g/mol. The van der Waals surface area contributed by atoms with Gasteiger partial charge in [0, 0.05) is 6.54 Å². The minimum absolute atomic E-state index is 0. The molecule has 62 valence electrons. The molecule has 0 aromatic carbocycles. The van der Waals surface area contributed by atoms with Crippen molar-refractivity contribution >= 4 is 12.4 Å². The standard InChI is InChI=1S/C6H11F2N.ClH/c7-6-4-2-1-3-5-9(6)8;/h6H,1-5H2;1H. The van der Waals surface area contributed by atoms with Crippen molar-refractivity contribution in [1.29, 1.82) is 0 Å². The second-order valence-corrected chi connectivity index (χ2v) is 2.41. The van der Waals surface area contributed by atoms with E-state index >= 15 is 0 Å². The minimum Gasteiger partial charge on any atom is -0.228 e. The molecule has 0 aliphatic carbocycles. The van der Waals surface area contributed by atoms with Gasteiger partial charge in [0.25, 0.3) is 0 Å². The van der Waals surface area contributed by atoms with Gasteiger partial charge in [0.1, 0.15) is 0 Å². The Bertz CT molecular complexity index is 81.8. The summed E-state index contributed by atoms with van der Waals surface area (Å²) < 4.78 is 24.7. The zero-order valence-electron chi connectivity index (χ0n) is 5.72. The van der Waals surface area contributed by atoms with Crippen LogP contribution in [0.2, 0.25) is 0 Å². The van der Waals surface area contributed by atoms with Gasteiger partial charge in [-0.25, -0.2) is 4.39 Å². The molecule has 1 aliphatic rings. The Kier molecular flexibility index (Phi) is 4.91. The van der Waals surface area contributed by atoms with Crippen LogP contribution in [0.4, 0.5) is 8.87 Å². The van der Waals surface area contributed by atoms with Crippen LogP contribution in [0.25, 0.3) is 0 Å². The SMILES string of the molecule is Cl.FC1CCCCCN1F. The molecule has 4 heteroatoms. The molecule has 0 saturated carbocycles. The highest BCUT2D eigenvalue weighted by atomic mass is 35.5. The van der Waals surface area contributed by atoms with Gasteiger partial charge in [-0.15, -0.1) is 22.0 Å². The van der Waals surface area contributed by atoms with Crippen molar-refractivity contribution in [3.05, 3.63) is 0 Å². The van der Waals surface area contributed by atoms with Crippen molar-refractivity contribution in [2.45, 2.75) is 32.0 Å². The molecule has 0 spiro atoms. The average Bonchev–Trinajstić information content (AvgIpc) is 1.99. The quantitative estimate of drug-likeness (QED) is 0.400. The molecular weight excluding hydrogens is 160 g/mol. The third-order valence-corrected chi connectivity index (χ3v) is 1.62. The van der Waals surface area contributed by atoms with Crippen LogP contribution in [0.5, 0.6) is 0 Å². The van der Waals surface area contributed by atoms with Crippen LogP contribution in [-0.4, -0.2) is 18.0 Å². The highest BCUT2D eigenvalue weighted by molar-refractivity contribution is 5.85. The molecule has 0 bridgehead atoms. The van der Waals surface area contributed by atoms with Crippen molar-refractivity contribution in [1.82, 2.24) is 5.12 Å². The molecule has 0 aromatic rings. The Morgan fingerprint density at radius 2 is 1.90 bits per heavy atom.